The molecule has 0 unspecified atom stereocenters. The van der Waals surface area contributed by atoms with Crippen LogP contribution < -0.4 is 10.0 Å². The van der Waals surface area contributed by atoms with Crippen LogP contribution in [0.15, 0.2) is 16.2 Å². The smallest absolute Gasteiger partial charge is 0.332 e. The number of carboxylic acid groups (broad SMARTS) is 1. The van der Waals surface area contributed by atoms with Gasteiger partial charge in [0.15, 0.2) is 5.76 Å². The van der Waals surface area contributed by atoms with Gasteiger partial charge in [-0.3, -0.25) is 9.59 Å². The summed E-state index contributed by atoms with van der Waals surface area (Å²) < 4.78 is 24.2. The van der Waals surface area contributed by atoms with Crippen LogP contribution in [0, 0.1) is 0 Å². The van der Waals surface area contributed by atoms with Crippen molar-refractivity contribution in [1.29, 1.82) is 0 Å². The van der Waals surface area contributed by atoms with Gasteiger partial charge in [-0.05, 0) is 0 Å². The minimum atomic E-state index is -4.45. The summed E-state index contributed by atoms with van der Waals surface area (Å²) in [5, 5.41) is 26.0. The lowest BCUT2D eigenvalue weighted by Crippen LogP contribution is -2.32. The molecule has 1 rings (SSSR count). The predicted molar refractivity (Wildman–Crippen MR) is 67.9 cm³/mol. The Morgan fingerprint density at radius 2 is 1.86 bits per heavy atom. The van der Waals surface area contributed by atoms with Crippen molar-refractivity contribution in [3.8, 4) is 0 Å². The highest BCUT2D eigenvalue weighted by Crippen LogP contribution is 2.19. The van der Waals surface area contributed by atoms with Gasteiger partial charge in [-0.25, -0.2) is 9.52 Å². The van der Waals surface area contributed by atoms with Crippen molar-refractivity contribution in [2.24, 2.45) is 0 Å². The number of aliphatic carboxylic acids is 1. The number of anilines is 1. The number of hydrogen-bond donors (Lipinski definition) is 4. The van der Waals surface area contributed by atoms with E-state index in [4.69, 9.17) is 10.2 Å². The molecule has 0 spiro atoms. The molecule has 4 N–H and O–H groups in total. The minimum absolute atomic E-state index is 0.111. The first kappa shape index (κ1) is 16.5. The first-order valence-corrected chi connectivity index (χ1v) is 7.23. The summed E-state index contributed by atoms with van der Waals surface area (Å²) in [5.74, 6) is -4.99. The monoisotopic (exact) mass is 336 g/mol. The Morgan fingerprint density at radius 3 is 2.38 bits per heavy atom. The SMILES string of the molecule is CC(=O)Nc1nnc(S(=O)(=O)NC(=O)/C(O)=C/C(=O)O)s1. The topological polar surface area (TPSA) is 176 Å². The molecule has 0 bridgehead atoms. The number of nitrogens with zero attached hydrogens (tertiary/aromatic N) is 2. The number of carboxylic acids is 1. The van der Waals surface area contributed by atoms with Crippen LogP contribution in [0.4, 0.5) is 5.13 Å². The van der Waals surface area contributed by atoms with Crippen molar-refractivity contribution in [3.05, 3.63) is 11.8 Å². The van der Waals surface area contributed by atoms with E-state index in [0.717, 1.165) is 0 Å². The van der Waals surface area contributed by atoms with E-state index >= 15 is 0 Å². The van der Waals surface area contributed by atoms with Crippen LogP contribution in [0.3, 0.4) is 0 Å². The second-order valence-corrected chi connectivity index (χ2v) is 6.19. The molecule has 2 amide bonds. The van der Waals surface area contributed by atoms with Crippen molar-refractivity contribution >= 4 is 44.3 Å². The molecule has 11 nitrogen and oxygen atoms in total. The Balaban J connectivity index is 2.92. The summed E-state index contributed by atoms with van der Waals surface area (Å²) in [6.45, 7) is 1.17. The maximum Gasteiger partial charge on any atom is 0.332 e. The van der Waals surface area contributed by atoms with E-state index in [-0.39, 0.29) is 11.2 Å². The molecular formula is C8H8N4O7S2. The van der Waals surface area contributed by atoms with E-state index in [9.17, 15) is 22.8 Å². The lowest BCUT2D eigenvalue weighted by Gasteiger charge is -2.02. The zero-order valence-corrected chi connectivity index (χ0v) is 11.9. The molecule has 21 heavy (non-hydrogen) atoms. The van der Waals surface area contributed by atoms with Crippen LogP contribution in [0.1, 0.15) is 6.92 Å². The zero-order chi connectivity index (χ0) is 16.2. The largest absolute Gasteiger partial charge is 0.503 e. The van der Waals surface area contributed by atoms with E-state index in [1.54, 1.807) is 0 Å². The first-order valence-electron chi connectivity index (χ1n) is 4.93. The number of sulfonamides is 1. The normalized spacial score (nSPS) is 11.8. The van der Waals surface area contributed by atoms with E-state index in [1.165, 1.54) is 11.6 Å². The van der Waals surface area contributed by atoms with Gasteiger partial charge in [0.25, 0.3) is 20.3 Å². The fourth-order valence-electron chi connectivity index (χ4n) is 0.920. The van der Waals surface area contributed by atoms with Gasteiger partial charge in [-0.15, -0.1) is 10.2 Å². The molecule has 0 aromatic carbocycles. The maximum absolute atomic E-state index is 11.7. The molecule has 1 aromatic rings. The van der Waals surface area contributed by atoms with Crippen LogP contribution in [-0.2, 0) is 24.4 Å². The second kappa shape index (κ2) is 6.27. The van der Waals surface area contributed by atoms with Crippen LogP contribution in [0.5, 0.6) is 0 Å². The number of hydrogen-bond acceptors (Lipinski definition) is 9. The number of amides is 2. The highest BCUT2D eigenvalue weighted by atomic mass is 32.2. The summed E-state index contributed by atoms with van der Waals surface area (Å²) in [6, 6.07) is 0. The summed E-state index contributed by atoms with van der Waals surface area (Å²) in [4.78, 5) is 32.3. The number of aliphatic hydroxyl groups is 1. The lowest BCUT2D eigenvalue weighted by atomic mass is 10.4. The second-order valence-electron chi connectivity index (χ2n) is 3.36. The van der Waals surface area contributed by atoms with Gasteiger partial charge in [0, 0.05) is 6.92 Å². The van der Waals surface area contributed by atoms with Gasteiger partial charge in [0.1, 0.15) is 0 Å². The number of aromatic nitrogens is 2. The number of carbonyl (C=O) groups is 3. The zero-order valence-electron chi connectivity index (χ0n) is 10.2. The Kier molecular flexibility index (Phi) is 4.93. The summed E-state index contributed by atoms with van der Waals surface area (Å²) in [6.07, 6.45) is 0.119. The van der Waals surface area contributed by atoms with Gasteiger partial charge in [0.05, 0.1) is 6.08 Å². The molecule has 0 saturated carbocycles. The van der Waals surface area contributed by atoms with Gasteiger partial charge >= 0.3 is 5.97 Å². The van der Waals surface area contributed by atoms with Crippen LogP contribution in [-0.4, -0.2) is 46.6 Å². The Bertz CT molecular complexity index is 721. The maximum atomic E-state index is 11.7. The van der Waals surface area contributed by atoms with Gasteiger partial charge in [-0.1, -0.05) is 11.3 Å². The molecule has 114 valence electrons. The Hall–Kier alpha value is -2.54. The van der Waals surface area contributed by atoms with Crippen LogP contribution in [0.25, 0.3) is 0 Å². The molecular weight excluding hydrogens is 328 g/mol. The lowest BCUT2D eigenvalue weighted by molar-refractivity contribution is -0.132. The number of rotatable bonds is 5. The van der Waals surface area contributed by atoms with Crippen molar-refractivity contribution in [1.82, 2.24) is 14.9 Å². The van der Waals surface area contributed by atoms with Crippen LogP contribution in [0.2, 0.25) is 0 Å². The van der Waals surface area contributed by atoms with Gasteiger partial charge < -0.3 is 15.5 Å². The molecule has 1 heterocycles. The Labute approximate surface area is 121 Å². The van der Waals surface area contributed by atoms with Crippen molar-refractivity contribution in [2.75, 3.05) is 5.32 Å². The van der Waals surface area contributed by atoms with Crippen molar-refractivity contribution in [2.45, 2.75) is 11.3 Å². The molecule has 0 saturated heterocycles. The third-order valence-corrected chi connectivity index (χ3v) is 4.18. The van der Waals surface area contributed by atoms with Crippen molar-refractivity contribution in [3.63, 3.8) is 0 Å². The molecule has 0 aliphatic heterocycles. The fourth-order valence-corrected chi connectivity index (χ4v) is 2.83. The molecule has 0 aliphatic carbocycles. The predicted octanol–water partition coefficient (Wildman–Crippen LogP) is -1.17. The van der Waals surface area contributed by atoms with E-state index in [1.807, 2.05) is 0 Å². The fraction of sp³-hybridized carbons (Fsp3) is 0.125. The first-order chi connectivity index (χ1) is 9.61. The molecule has 0 atom stereocenters. The molecule has 1 aromatic heterocycles. The molecule has 0 radical (unpaired) electrons. The quantitative estimate of drug-likeness (QED) is 0.293. The minimum Gasteiger partial charge on any atom is -0.503 e. The molecule has 13 heteroatoms. The highest BCUT2D eigenvalue weighted by molar-refractivity contribution is 7.92. The number of nitrogens with one attached hydrogen (secondary N) is 2. The summed E-state index contributed by atoms with van der Waals surface area (Å²) in [7, 11) is -4.45. The average Bonchev–Trinajstić information content (AvgIpc) is 2.75. The third-order valence-electron chi connectivity index (χ3n) is 1.64. The average molecular weight is 336 g/mol. The van der Waals surface area contributed by atoms with Crippen LogP contribution >= 0.6 is 11.3 Å². The standard InChI is InChI=1S/C8H8N4O7S2/c1-3(13)9-7-10-11-8(20-7)21(18,19)12-6(17)4(14)2-5(15)16/h2,14H,1H3,(H,12,17)(H,15,16)(H,9,10,13)/b4-2-. The van der Waals surface area contributed by atoms with Gasteiger partial charge in [0.2, 0.25) is 11.0 Å². The number of carbonyl (C=O) groups excluding carboxylic acids is 2. The number of aliphatic hydroxyl groups excluding tert-OH is 1. The van der Waals surface area contributed by atoms with E-state index in [2.05, 4.69) is 15.5 Å². The van der Waals surface area contributed by atoms with Crippen molar-refractivity contribution < 1.29 is 33.0 Å². The Morgan fingerprint density at radius 1 is 1.24 bits per heavy atom. The summed E-state index contributed by atoms with van der Waals surface area (Å²) in [5.41, 5.74) is 0. The van der Waals surface area contributed by atoms with Gasteiger partial charge in [-0.2, -0.15) is 8.42 Å². The molecule has 0 aliphatic rings. The highest BCUT2D eigenvalue weighted by Gasteiger charge is 2.25. The van der Waals surface area contributed by atoms with E-state index in [0.29, 0.717) is 11.3 Å². The molecule has 0 fully saturated rings. The van der Waals surface area contributed by atoms with E-state index < -0.39 is 37.9 Å². The third kappa shape index (κ3) is 4.81. The summed E-state index contributed by atoms with van der Waals surface area (Å²) >= 11 is 0.461.